The maximum atomic E-state index is 13.4. The van der Waals surface area contributed by atoms with E-state index < -0.39 is 17.4 Å². The van der Waals surface area contributed by atoms with Crippen molar-refractivity contribution in [2.75, 3.05) is 0 Å². The zero-order chi connectivity index (χ0) is 20.9. The van der Waals surface area contributed by atoms with E-state index in [0.29, 0.717) is 5.69 Å². The van der Waals surface area contributed by atoms with Gasteiger partial charge in [-0.2, -0.15) is 0 Å². The van der Waals surface area contributed by atoms with Gasteiger partial charge in [0.1, 0.15) is 11.3 Å². The van der Waals surface area contributed by atoms with Crippen LogP contribution in [-0.2, 0) is 7.05 Å². The molecule has 0 aliphatic carbocycles. The normalized spacial score (nSPS) is 11.2. The van der Waals surface area contributed by atoms with Gasteiger partial charge in [0.2, 0.25) is 0 Å². The van der Waals surface area contributed by atoms with Crippen LogP contribution in [0.5, 0.6) is 0 Å². The Bertz CT molecular complexity index is 1340. The SMILES string of the molecule is Cc1ccc(C)c(-c2nc(C(N)=O)c3c(n2)n(-c2ccc(F)cc2)c(=O)n3C)c1. The summed E-state index contributed by atoms with van der Waals surface area (Å²) in [7, 11) is 1.51. The Hall–Kier alpha value is -3.81. The third-order valence-corrected chi connectivity index (χ3v) is 4.84. The Morgan fingerprint density at radius 1 is 1.07 bits per heavy atom. The van der Waals surface area contributed by atoms with Gasteiger partial charge in [0.15, 0.2) is 17.2 Å². The number of carbonyl (C=O) groups excluding carboxylic acids is 1. The van der Waals surface area contributed by atoms with E-state index >= 15 is 0 Å². The van der Waals surface area contributed by atoms with Gasteiger partial charge in [-0.3, -0.25) is 9.36 Å². The highest BCUT2D eigenvalue weighted by Gasteiger charge is 2.23. The van der Waals surface area contributed by atoms with E-state index in [1.807, 2.05) is 32.0 Å². The fourth-order valence-electron chi connectivity index (χ4n) is 3.34. The molecule has 0 unspecified atom stereocenters. The van der Waals surface area contributed by atoms with Crippen LogP contribution < -0.4 is 11.4 Å². The molecule has 0 atom stereocenters. The summed E-state index contributed by atoms with van der Waals surface area (Å²) < 4.78 is 16.0. The summed E-state index contributed by atoms with van der Waals surface area (Å²) in [5.41, 5.74) is 8.60. The van der Waals surface area contributed by atoms with E-state index in [2.05, 4.69) is 9.97 Å². The summed E-state index contributed by atoms with van der Waals surface area (Å²) in [6, 6.07) is 11.2. The average molecular weight is 391 g/mol. The Kier molecular flexibility index (Phi) is 4.26. The molecule has 2 aromatic carbocycles. The molecular weight excluding hydrogens is 373 g/mol. The molecule has 2 aromatic heterocycles. The summed E-state index contributed by atoms with van der Waals surface area (Å²) in [6.45, 7) is 3.84. The van der Waals surface area contributed by atoms with Crippen molar-refractivity contribution in [2.45, 2.75) is 13.8 Å². The zero-order valence-electron chi connectivity index (χ0n) is 16.1. The predicted molar refractivity (Wildman–Crippen MR) is 107 cm³/mol. The lowest BCUT2D eigenvalue weighted by Crippen LogP contribution is -2.21. The maximum absolute atomic E-state index is 13.4. The molecule has 0 saturated heterocycles. The molecule has 4 aromatic rings. The van der Waals surface area contributed by atoms with Gasteiger partial charge in [0, 0.05) is 12.6 Å². The molecule has 0 spiro atoms. The number of halogens is 1. The van der Waals surface area contributed by atoms with Crippen molar-refractivity contribution in [1.82, 2.24) is 19.1 Å². The number of nitrogens with two attached hydrogens (primary N) is 1. The van der Waals surface area contributed by atoms with E-state index in [-0.39, 0.29) is 22.7 Å². The highest BCUT2D eigenvalue weighted by atomic mass is 19.1. The molecule has 0 bridgehead atoms. The van der Waals surface area contributed by atoms with Crippen LogP contribution in [-0.4, -0.2) is 25.0 Å². The first-order valence-corrected chi connectivity index (χ1v) is 8.90. The van der Waals surface area contributed by atoms with Gasteiger partial charge in [0.05, 0.1) is 5.69 Å². The number of hydrogen-bond acceptors (Lipinski definition) is 4. The zero-order valence-corrected chi connectivity index (χ0v) is 16.1. The molecule has 2 N–H and O–H groups in total. The van der Waals surface area contributed by atoms with Gasteiger partial charge < -0.3 is 5.73 Å². The van der Waals surface area contributed by atoms with Crippen LogP contribution in [0.15, 0.2) is 47.3 Å². The minimum Gasteiger partial charge on any atom is -0.364 e. The smallest absolute Gasteiger partial charge is 0.334 e. The lowest BCUT2D eigenvalue weighted by Gasteiger charge is -2.09. The van der Waals surface area contributed by atoms with Gasteiger partial charge in [-0.05, 0) is 49.7 Å². The maximum Gasteiger partial charge on any atom is 0.334 e. The number of benzene rings is 2. The minimum atomic E-state index is -0.768. The van der Waals surface area contributed by atoms with E-state index in [1.54, 1.807) is 0 Å². The number of aryl methyl sites for hydroxylation is 3. The van der Waals surface area contributed by atoms with Crippen LogP contribution >= 0.6 is 0 Å². The molecule has 7 nitrogen and oxygen atoms in total. The first-order chi connectivity index (χ1) is 13.8. The van der Waals surface area contributed by atoms with Gasteiger partial charge in [0.25, 0.3) is 5.91 Å². The van der Waals surface area contributed by atoms with Crippen molar-refractivity contribution in [3.63, 3.8) is 0 Å². The molecule has 1 amide bonds. The Morgan fingerprint density at radius 2 is 1.76 bits per heavy atom. The van der Waals surface area contributed by atoms with E-state index in [9.17, 15) is 14.0 Å². The number of imidazole rings is 1. The Morgan fingerprint density at radius 3 is 2.41 bits per heavy atom. The number of hydrogen-bond donors (Lipinski definition) is 1. The standard InChI is InChI=1S/C21H18FN5O2/c1-11-4-5-12(2)15(10-11)19-24-16(18(23)28)17-20(25-19)27(21(29)26(17)3)14-8-6-13(22)7-9-14/h4-10H,1-3H3,(H2,23,28). The molecule has 8 heteroatoms. The summed E-state index contributed by atoms with van der Waals surface area (Å²) >= 11 is 0. The van der Waals surface area contributed by atoms with E-state index in [0.717, 1.165) is 16.7 Å². The second kappa shape index (κ2) is 6.66. The molecule has 0 aliphatic rings. The topological polar surface area (TPSA) is 95.8 Å². The summed E-state index contributed by atoms with van der Waals surface area (Å²) in [4.78, 5) is 34.1. The highest BCUT2D eigenvalue weighted by Crippen LogP contribution is 2.26. The Labute approximate surface area is 165 Å². The molecule has 0 fully saturated rings. The predicted octanol–water partition coefficient (Wildman–Crippen LogP) is 2.64. The van der Waals surface area contributed by atoms with Crippen molar-refractivity contribution >= 4 is 17.1 Å². The summed E-state index contributed by atoms with van der Waals surface area (Å²) in [5, 5.41) is 0. The van der Waals surface area contributed by atoms with Crippen LogP contribution in [0.25, 0.3) is 28.2 Å². The van der Waals surface area contributed by atoms with Crippen LogP contribution in [0.4, 0.5) is 4.39 Å². The van der Waals surface area contributed by atoms with Crippen molar-refractivity contribution in [3.05, 3.63) is 75.6 Å². The van der Waals surface area contributed by atoms with Crippen molar-refractivity contribution in [2.24, 2.45) is 12.8 Å². The largest absolute Gasteiger partial charge is 0.364 e. The second-order valence-corrected chi connectivity index (χ2v) is 6.90. The van der Waals surface area contributed by atoms with Crippen LogP contribution in [0.3, 0.4) is 0 Å². The van der Waals surface area contributed by atoms with Gasteiger partial charge in [-0.15, -0.1) is 0 Å². The summed E-state index contributed by atoms with van der Waals surface area (Å²) in [6.07, 6.45) is 0. The number of primary amides is 1. The third-order valence-electron chi connectivity index (χ3n) is 4.84. The first kappa shape index (κ1) is 18.5. The number of aromatic nitrogens is 4. The van der Waals surface area contributed by atoms with Crippen LogP contribution in [0.1, 0.15) is 21.6 Å². The molecule has 0 radical (unpaired) electrons. The molecule has 2 heterocycles. The van der Waals surface area contributed by atoms with Crippen molar-refractivity contribution < 1.29 is 9.18 Å². The van der Waals surface area contributed by atoms with Crippen LogP contribution in [0.2, 0.25) is 0 Å². The lowest BCUT2D eigenvalue weighted by molar-refractivity contribution is 0.0997. The molecule has 146 valence electrons. The van der Waals surface area contributed by atoms with E-state index in [1.165, 1.54) is 40.4 Å². The van der Waals surface area contributed by atoms with Gasteiger partial charge in [-0.1, -0.05) is 17.7 Å². The van der Waals surface area contributed by atoms with Gasteiger partial charge >= 0.3 is 5.69 Å². The third kappa shape index (κ3) is 2.98. The number of fused-ring (bicyclic) bond motifs is 1. The fraction of sp³-hybridized carbons (Fsp3) is 0.143. The molecule has 29 heavy (non-hydrogen) atoms. The van der Waals surface area contributed by atoms with Gasteiger partial charge in [-0.25, -0.2) is 23.7 Å². The molecule has 0 saturated carbocycles. The summed E-state index contributed by atoms with van der Waals surface area (Å²) in [5.74, 6) is -0.907. The fourth-order valence-corrected chi connectivity index (χ4v) is 3.34. The number of carbonyl (C=O) groups is 1. The number of nitrogens with zero attached hydrogens (tertiary/aromatic N) is 4. The number of amides is 1. The van der Waals surface area contributed by atoms with Crippen molar-refractivity contribution in [1.29, 1.82) is 0 Å². The molecule has 4 rings (SSSR count). The monoisotopic (exact) mass is 391 g/mol. The molecular formula is C21H18FN5O2. The molecule has 0 aliphatic heterocycles. The highest BCUT2D eigenvalue weighted by molar-refractivity contribution is 6.02. The van der Waals surface area contributed by atoms with Crippen molar-refractivity contribution in [3.8, 4) is 17.1 Å². The average Bonchev–Trinajstić information content (AvgIpc) is 2.94. The first-order valence-electron chi connectivity index (χ1n) is 8.90. The Balaban J connectivity index is 2.13. The lowest BCUT2D eigenvalue weighted by atomic mass is 10.0. The number of rotatable bonds is 3. The van der Waals surface area contributed by atoms with Crippen LogP contribution in [0, 0.1) is 19.7 Å². The van der Waals surface area contributed by atoms with E-state index in [4.69, 9.17) is 5.73 Å². The second-order valence-electron chi connectivity index (χ2n) is 6.90. The minimum absolute atomic E-state index is 0.0497. The quantitative estimate of drug-likeness (QED) is 0.581.